The third kappa shape index (κ3) is 4.88. The van der Waals surface area contributed by atoms with Crippen molar-refractivity contribution in [3.05, 3.63) is 29.8 Å². The van der Waals surface area contributed by atoms with Crippen molar-refractivity contribution in [2.75, 3.05) is 13.1 Å². The first kappa shape index (κ1) is 19.1. The van der Waals surface area contributed by atoms with E-state index in [2.05, 4.69) is 17.9 Å². The Labute approximate surface area is 150 Å². The van der Waals surface area contributed by atoms with Crippen molar-refractivity contribution in [1.29, 1.82) is 0 Å². The number of benzene rings is 1. The molecule has 0 saturated carbocycles. The lowest BCUT2D eigenvalue weighted by atomic mass is 9.98. The zero-order valence-corrected chi connectivity index (χ0v) is 15.4. The predicted octanol–water partition coefficient (Wildman–Crippen LogP) is 1.75. The van der Waals surface area contributed by atoms with Crippen molar-refractivity contribution in [2.24, 2.45) is 11.7 Å². The lowest BCUT2D eigenvalue weighted by Gasteiger charge is -2.30. The van der Waals surface area contributed by atoms with E-state index in [1.54, 1.807) is 17.0 Å². The van der Waals surface area contributed by atoms with Crippen LogP contribution in [0.4, 0.5) is 0 Å². The summed E-state index contributed by atoms with van der Waals surface area (Å²) < 4.78 is 0. The number of hydrogen-bond donors (Lipinski definition) is 4. The molecule has 6 heteroatoms. The third-order valence-electron chi connectivity index (χ3n) is 4.85. The fraction of sp³-hybridized carbons (Fsp3) is 0.611. The van der Waals surface area contributed by atoms with Gasteiger partial charge in [-0.1, -0.05) is 38.5 Å². The summed E-state index contributed by atoms with van der Waals surface area (Å²) in [6.45, 7) is 5.83. The second-order valence-corrected chi connectivity index (χ2v) is 7.48. The summed E-state index contributed by atoms with van der Waals surface area (Å²) in [5.74, 6) is 0.273. The van der Waals surface area contributed by atoms with Crippen LogP contribution in [0.5, 0.6) is 5.75 Å². The SMILES string of the molecule is CCC(C)[C@H](N)C(=O)N(Cc1ccccc1O)CC1CC(S)CN1. The van der Waals surface area contributed by atoms with E-state index in [0.29, 0.717) is 18.3 Å². The number of thiol groups is 1. The van der Waals surface area contributed by atoms with Crippen LogP contribution < -0.4 is 11.1 Å². The lowest BCUT2D eigenvalue weighted by molar-refractivity contribution is -0.134. The number of para-hydroxylation sites is 1. The Morgan fingerprint density at radius 3 is 2.79 bits per heavy atom. The van der Waals surface area contributed by atoms with Gasteiger partial charge >= 0.3 is 0 Å². The van der Waals surface area contributed by atoms with Gasteiger partial charge in [0, 0.05) is 36.5 Å². The number of carbonyl (C=O) groups is 1. The zero-order valence-electron chi connectivity index (χ0n) is 14.5. The lowest BCUT2D eigenvalue weighted by Crippen LogP contribution is -2.50. The van der Waals surface area contributed by atoms with Crippen LogP contribution >= 0.6 is 12.6 Å². The molecule has 0 radical (unpaired) electrons. The van der Waals surface area contributed by atoms with Gasteiger partial charge in [-0.3, -0.25) is 4.79 Å². The molecule has 1 fully saturated rings. The Hall–Kier alpha value is -1.24. The number of hydrogen-bond acceptors (Lipinski definition) is 5. The van der Waals surface area contributed by atoms with Gasteiger partial charge in [0.2, 0.25) is 5.91 Å². The van der Waals surface area contributed by atoms with Crippen molar-refractivity contribution in [3.63, 3.8) is 0 Å². The Balaban J connectivity index is 2.14. The first-order chi connectivity index (χ1) is 11.4. The monoisotopic (exact) mass is 351 g/mol. The van der Waals surface area contributed by atoms with Crippen molar-refractivity contribution in [3.8, 4) is 5.75 Å². The van der Waals surface area contributed by atoms with Gasteiger partial charge in [-0.2, -0.15) is 12.6 Å². The first-order valence-corrected chi connectivity index (χ1v) is 9.16. The third-order valence-corrected chi connectivity index (χ3v) is 5.24. The summed E-state index contributed by atoms with van der Waals surface area (Å²) in [5, 5.41) is 13.8. The maximum Gasteiger partial charge on any atom is 0.240 e. The molecular weight excluding hydrogens is 322 g/mol. The van der Waals surface area contributed by atoms with Crippen LogP contribution in [0.2, 0.25) is 0 Å². The smallest absolute Gasteiger partial charge is 0.240 e. The minimum Gasteiger partial charge on any atom is -0.508 e. The molecule has 4 N–H and O–H groups in total. The van der Waals surface area contributed by atoms with E-state index in [4.69, 9.17) is 5.73 Å². The molecule has 1 heterocycles. The Bertz CT molecular complexity index is 555. The normalized spacial score (nSPS) is 23.0. The Kier molecular flexibility index (Phi) is 6.95. The fourth-order valence-corrected chi connectivity index (χ4v) is 3.35. The molecule has 1 aliphatic rings. The fourth-order valence-electron chi connectivity index (χ4n) is 2.99. The molecule has 5 nitrogen and oxygen atoms in total. The molecule has 134 valence electrons. The van der Waals surface area contributed by atoms with Crippen LogP contribution in [0, 0.1) is 5.92 Å². The van der Waals surface area contributed by atoms with Crippen LogP contribution in [0.1, 0.15) is 32.3 Å². The number of aromatic hydroxyl groups is 1. The van der Waals surface area contributed by atoms with Crippen molar-refractivity contribution in [2.45, 2.75) is 50.6 Å². The van der Waals surface area contributed by atoms with Gasteiger partial charge < -0.3 is 21.1 Å². The number of phenolic OH excluding ortho intramolecular Hbond substituents is 1. The summed E-state index contributed by atoms with van der Waals surface area (Å²) in [6, 6.07) is 6.82. The number of phenols is 1. The van der Waals surface area contributed by atoms with Crippen molar-refractivity contribution < 1.29 is 9.90 Å². The van der Waals surface area contributed by atoms with Crippen LogP contribution in [-0.2, 0) is 11.3 Å². The van der Waals surface area contributed by atoms with Gasteiger partial charge in [-0.15, -0.1) is 0 Å². The summed E-state index contributed by atoms with van der Waals surface area (Å²) >= 11 is 4.50. The Morgan fingerprint density at radius 2 is 2.21 bits per heavy atom. The average Bonchev–Trinajstić information content (AvgIpc) is 2.99. The van der Waals surface area contributed by atoms with Crippen LogP contribution in [0.15, 0.2) is 24.3 Å². The van der Waals surface area contributed by atoms with Crippen molar-refractivity contribution in [1.82, 2.24) is 10.2 Å². The molecule has 1 aliphatic heterocycles. The van der Waals surface area contributed by atoms with Crippen LogP contribution in [-0.4, -0.2) is 46.3 Å². The summed E-state index contributed by atoms with van der Waals surface area (Å²) in [4.78, 5) is 14.7. The molecule has 1 aromatic carbocycles. The quantitative estimate of drug-likeness (QED) is 0.565. The van der Waals surface area contributed by atoms with Crippen LogP contribution in [0.3, 0.4) is 0 Å². The number of rotatable bonds is 7. The molecule has 1 saturated heterocycles. The van der Waals surface area contributed by atoms with Gasteiger partial charge in [-0.05, 0) is 18.4 Å². The van der Waals surface area contributed by atoms with E-state index in [1.807, 2.05) is 26.0 Å². The van der Waals surface area contributed by atoms with E-state index in [1.165, 1.54) is 0 Å². The summed E-state index contributed by atoms with van der Waals surface area (Å²) in [5.41, 5.74) is 6.91. The Morgan fingerprint density at radius 1 is 1.50 bits per heavy atom. The van der Waals surface area contributed by atoms with E-state index in [-0.39, 0.29) is 23.6 Å². The highest BCUT2D eigenvalue weighted by Crippen LogP contribution is 2.21. The maximum absolute atomic E-state index is 12.9. The van der Waals surface area contributed by atoms with Crippen LogP contribution in [0.25, 0.3) is 0 Å². The predicted molar refractivity (Wildman–Crippen MR) is 100 cm³/mol. The van der Waals surface area contributed by atoms with Gasteiger partial charge in [0.25, 0.3) is 0 Å². The molecule has 0 spiro atoms. The van der Waals surface area contributed by atoms with Gasteiger partial charge in [-0.25, -0.2) is 0 Å². The summed E-state index contributed by atoms with van der Waals surface area (Å²) in [6.07, 6.45) is 1.78. The topological polar surface area (TPSA) is 78.6 Å². The minimum atomic E-state index is -0.519. The number of nitrogens with one attached hydrogen (secondary N) is 1. The number of carbonyl (C=O) groups excluding carboxylic acids is 1. The van der Waals surface area contributed by atoms with E-state index >= 15 is 0 Å². The molecule has 2 rings (SSSR count). The van der Waals surface area contributed by atoms with Gasteiger partial charge in [0.05, 0.1) is 6.04 Å². The summed E-state index contributed by atoms with van der Waals surface area (Å²) in [7, 11) is 0. The molecule has 0 bridgehead atoms. The highest BCUT2D eigenvalue weighted by Gasteiger charge is 2.30. The number of nitrogens with zero attached hydrogens (tertiary/aromatic N) is 1. The molecule has 0 aliphatic carbocycles. The maximum atomic E-state index is 12.9. The molecule has 1 amide bonds. The molecular formula is C18H29N3O2S. The first-order valence-electron chi connectivity index (χ1n) is 8.65. The molecule has 1 aromatic rings. The molecule has 0 aromatic heterocycles. The largest absolute Gasteiger partial charge is 0.508 e. The zero-order chi connectivity index (χ0) is 17.7. The molecule has 3 unspecified atom stereocenters. The molecule has 4 atom stereocenters. The van der Waals surface area contributed by atoms with Gasteiger partial charge in [0.15, 0.2) is 0 Å². The van der Waals surface area contributed by atoms with Gasteiger partial charge in [0.1, 0.15) is 5.75 Å². The average molecular weight is 352 g/mol. The highest BCUT2D eigenvalue weighted by atomic mass is 32.1. The van der Waals surface area contributed by atoms with Crippen molar-refractivity contribution >= 4 is 18.5 Å². The second-order valence-electron chi connectivity index (χ2n) is 6.75. The minimum absolute atomic E-state index is 0.0583. The number of amides is 1. The number of nitrogens with two attached hydrogens (primary N) is 1. The second kappa shape index (κ2) is 8.74. The standard InChI is InChI=1S/C18H29N3O2S/c1-3-12(2)17(19)18(23)21(11-14-8-15(24)9-20-14)10-13-6-4-5-7-16(13)22/h4-7,12,14-15,17,20,22,24H,3,8-11,19H2,1-2H3/t12?,14?,15?,17-/m0/s1. The van der Waals surface area contributed by atoms with E-state index in [0.717, 1.165) is 24.9 Å². The van der Waals surface area contributed by atoms with E-state index in [9.17, 15) is 9.90 Å². The highest BCUT2D eigenvalue weighted by molar-refractivity contribution is 7.81. The molecule has 24 heavy (non-hydrogen) atoms. The van der Waals surface area contributed by atoms with E-state index < -0.39 is 6.04 Å².